The molecule has 0 bridgehead atoms. The Morgan fingerprint density at radius 1 is 1.14 bits per heavy atom. The summed E-state index contributed by atoms with van der Waals surface area (Å²) in [5.74, 6) is 1.38. The van der Waals surface area contributed by atoms with Gasteiger partial charge in [-0.25, -0.2) is 4.98 Å². The lowest BCUT2D eigenvalue weighted by Crippen LogP contribution is -2.45. The van der Waals surface area contributed by atoms with Crippen LogP contribution in [0.5, 0.6) is 11.5 Å². The summed E-state index contributed by atoms with van der Waals surface area (Å²) in [6.07, 6.45) is 1.90. The zero-order chi connectivity index (χ0) is 24.4. The molecule has 1 aliphatic rings. The molecule has 1 aliphatic heterocycles. The Kier molecular flexibility index (Phi) is 6.70. The maximum absolute atomic E-state index is 13.0. The van der Waals surface area contributed by atoms with Crippen LogP contribution in [0.1, 0.15) is 18.2 Å². The van der Waals surface area contributed by atoms with Gasteiger partial charge in [0.1, 0.15) is 16.5 Å². The van der Waals surface area contributed by atoms with Gasteiger partial charge in [-0.15, -0.1) is 11.3 Å². The van der Waals surface area contributed by atoms with Crippen molar-refractivity contribution in [2.24, 2.45) is 0 Å². The first-order valence-corrected chi connectivity index (χ1v) is 12.6. The summed E-state index contributed by atoms with van der Waals surface area (Å²) in [6, 6.07) is 19.0. The summed E-state index contributed by atoms with van der Waals surface area (Å²) in [7, 11) is 0. The molecular formula is C27H24ClN3O3S. The molecule has 1 amide bonds. The Balaban J connectivity index is 1.36. The fraction of sp³-hybridized carbons (Fsp3) is 0.222. The summed E-state index contributed by atoms with van der Waals surface area (Å²) < 4.78 is 11.7. The van der Waals surface area contributed by atoms with E-state index in [2.05, 4.69) is 11.9 Å². The summed E-state index contributed by atoms with van der Waals surface area (Å²) in [5.41, 5.74) is 3.42. The molecule has 35 heavy (non-hydrogen) atoms. The predicted molar refractivity (Wildman–Crippen MR) is 140 cm³/mol. The van der Waals surface area contributed by atoms with Crippen LogP contribution in [0.25, 0.3) is 22.0 Å². The van der Waals surface area contributed by atoms with E-state index in [0.717, 1.165) is 38.3 Å². The van der Waals surface area contributed by atoms with E-state index in [0.29, 0.717) is 30.3 Å². The van der Waals surface area contributed by atoms with E-state index in [1.54, 1.807) is 41.5 Å². The van der Waals surface area contributed by atoms with Gasteiger partial charge in [0, 0.05) is 28.2 Å². The Bertz CT molecular complexity index is 1340. The van der Waals surface area contributed by atoms with Gasteiger partial charge in [-0.3, -0.25) is 9.78 Å². The van der Waals surface area contributed by atoms with Crippen LogP contribution in [0.3, 0.4) is 0 Å². The molecule has 3 heterocycles. The van der Waals surface area contributed by atoms with Crippen molar-refractivity contribution >= 4 is 34.5 Å². The monoisotopic (exact) mass is 505 g/mol. The highest BCUT2D eigenvalue weighted by molar-refractivity contribution is 7.15. The van der Waals surface area contributed by atoms with Gasteiger partial charge >= 0.3 is 0 Å². The number of halogens is 1. The number of nitrogens with zero attached hydrogens (tertiary/aromatic N) is 3. The van der Waals surface area contributed by atoms with Crippen molar-refractivity contribution in [2.45, 2.75) is 26.4 Å². The molecule has 0 radical (unpaired) electrons. The minimum absolute atomic E-state index is 0.0645. The summed E-state index contributed by atoms with van der Waals surface area (Å²) >= 11 is 7.54. The van der Waals surface area contributed by atoms with E-state index < -0.39 is 6.10 Å². The van der Waals surface area contributed by atoms with E-state index in [4.69, 9.17) is 26.1 Å². The highest BCUT2D eigenvalue weighted by atomic mass is 35.5. The number of ether oxygens (including phenoxy) is 2. The molecule has 4 aromatic rings. The van der Waals surface area contributed by atoms with Crippen molar-refractivity contribution in [3.63, 3.8) is 0 Å². The second kappa shape index (κ2) is 10.1. The fourth-order valence-corrected chi connectivity index (χ4v) is 5.03. The number of fused-ring (bicyclic) bond motifs is 1. The normalized spacial score (nSPS) is 15.0. The number of carbonyl (C=O) groups is 1. The zero-order valence-electron chi connectivity index (χ0n) is 19.4. The van der Waals surface area contributed by atoms with Crippen LogP contribution in [0, 0.1) is 6.92 Å². The summed E-state index contributed by atoms with van der Waals surface area (Å²) in [6.45, 7) is 4.83. The second-order valence-corrected chi connectivity index (χ2v) is 9.87. The van der Waals surface area contributed by atoms with E-state index >= 15 is 0 Å². The van der Waals surface area contributed by atoms with Gasteiger partial charge in [-0.05, 0) is 74.9 Å². The Morgan fingerprint density at radius 3 is 2.74 bits per heavy atom. The molecule has 1 unspecified atom stereocenters. The number of hydrogen-bond donors (Lipinski definition) is 0. The van der Waals surface area contributed by atoms with Gasteiger partial charge < -0.3 is 14.4 Å². The first kappa shape index (κ1) is 23.3. The van der Waals surface area contributed by atoms with E-state index in [1.807, 2.05) is 48.5 Å². The summed E-state index contributed by atoms with van der Waals surface area (Å²) in [4.78, 5) is 25.2. The van der Waals surface area contributed by atoms with Crippen LogP contribution in [-0.2, 0) is 4.79 Å². The van der Waals surface area contributed by atoms with Crippen molar-refractivity contribution < 1.29 is 14.3 Å². The molecule has 0 N–H and O–H groups in total. The third-order valence-corrected chi connectivity index (χ3v) is 6.98. The lowest BCUT2D eigenvalue weighted by atomic mass is 10.1. The number of aryl methyl sites for hydroxylation is 1. The van der Waals surface area contributed by atoms with Crippen molar-refractivity contribution in [2.75, 3.05) is 18.1 Å². The number of hydrogen-bond acceptors (Lipinski definition) is 6. The fourth-order valence-electron chi connectivity index (χ4n) is 3.99. The van der Waals surface area contributed by atoms with E-state index in [1.165, 1.54) is 0 Å². The number of pyridine rings is 1. The highest BCUT2D eigenvalue weighted by Crippen LogP contribution is 2.40. The Labute approximate surface area is 213 Å². The summed E-state index contributed by atoms with van der Waals surface area (Å²) in [5, 5.41) is 1.54. The lowest BCUT2D eigenvalue weighted by molar-refractivity contribution is -0.125. The van der Waals surface area contributed by atoms with E-state index in [9.17, 15) is 4.79 Å². The number of anilines is 1. The Hall–Kier alpha value is -3.42. The Morgan fingerprint density at radius 2 is 1.97 bits per heavy atom. The van der Waals surface area contributed by atoms with Crippen LogP contribution < -0.4 is 14.4 Å². The number of thiazole rings is 1. The molecule has 1 atom stereocenters. The first-order valence-electron chi connectivity index (χ1n) is 11.4. The molecule has 2 aromatic heterocycles. The molecule has 0 aliphatic carbocycles. The third kappa shape index (κ3) is 5.01. The molecule has 0 saturated heterocycles. The van der Waals surface area contributed by atoms with Crippen LogP contribution in [0.15, 0.2) is 66.9 Å². The average Bonchev–Trinajstić information content (AvgIpc) is 3.27. The lowest BCUT2D eigenvalue weighted by Gasteiger charge is -2.33. The smallest absolute Gasteiger partial charge is 0.267 e. The SMILES string of the molecule is Cc1sc(-c2ccccn2)nc1-c1ccc2c(c1)N(CCCOc1ccc(Cl)cc1)C(=O)C(C)O2. The topological polar surface area (TPSA) is 64.5 Å². The van der Waals surface area contributed by atoms with Gasteiger partial charge in [0.15, 0.2) is 6.10 Å². The second-order valence-electron chi connectivity index (χ2n) is 8.23. The van der Waals surface area contributed by atoms with Crippen LogP contribution in [0.4, 0.5) is 5.69 Å². The molecule has 0 spiro atoms. The number of aromatic nitrogens is 2. The number of benzene rings is 2. The van der Waals surface area contributed by atoms with Gasteiger partial charge in [0.2, 0.25) is 0 Å². The maximum Gasteiger partial charge on any atom is 0.267 e. The zero-order valence-corrected chi connectivity index (χ0v) is 21.0. The molecule has 5 rings (SSSR count). The molecule has 6 nitrogen and oxygen atoms in total. The maximum atomic E-state index is 13.0. The first-order chi connectivity index (χ1) is 17.0. The quantitative estimate of drug-likeness (QED) is 0.271. The van der Waals surface area contributed by atoms with Crippen LogP contribution in [0.2, 0.25) is 5.02 Å². The minimum Gasteiger partial charge on any atom is -0.494 e. The van der Waals surface area contributed by atoms with E-state index in [-0.39, 0.29) is 5.91 Å². The standard InChI is InChI=1S/C27H24ClN3O3S/c1-17-27(32)31(14-5-15-33-21-10-8-20(28)9-11-21)23-16-19(7-12-24(23)34-17)25-18(2)35-26(30-25)22-6-3-4-13-29-22/h3-4,6-13,16-17H,5,14-15H2,1-2H3. The number of rotatable bonds is 7. The molecule has 0 fully saturated rings. The van der Waals surface area contributed by atoms with Crippen LogP contribution in [-0.4, -0.2) is 35.1 Å². The van der Waals surface area contributed by atoms with Gasteiger partial charge in [0.05, 0.1) is 23.7 Å². The van der Waals surface area contributed by atoms with Gasteiger partial charge in [-0.1, -0.05) is 17.7 Å². The number of carbonyl (C=O) groups excluding carboxylic acids is 1. The largest absolute Gasteiger partial charge is 0.494 e. The number of amides is 1. The predicted octanol–water partition coefficient (Wildman–Crippen LogP) is 6.42. The molecule has 2 aromatic carbocycles. The van der Waals surface area contributed by atoms with Crippen molar-refractivity contribution in [3.05, 3.63) is 76.8 Å². The van der Waals surface area contributed by atoms with Gasteiger partial charge in [-0.2, -0.15) is 0 Å². The van der Waals surface area contributed by atoms with Crippen molar-refractivity contribution in [1.29, 1.82) is 0 Å². The minimum atomic E-state index is -0.540. The molecule has 8 heteroatoms. The average molecular weight is 506 g/mol. The van der Waals surface area contributed by atoms with Gasteiger partial charge in [0.25, 0.3) is 5.91 Å². The van der Waals surface area contributed by atoms with Crippen LogP contribution >= 0.6 is 22.9 Å². The van der Waals surface area contributed by atoms with Crippen molar-refractivity contribution in [3.8, 4) is 33.5 Å². The molecule has 0 saturated carbocycles. The highest BCUT2D eigenvalue weighted by Gasteiger charge is 2.31. The molecule has 178 valence electrons. The third-order valence-electron chi connectivity index (χ3n) is 5.73. The van der Waals surface area contributed by atoms with Crippen molar-refractivity contribution in [1.82, 2.24) is 9.97 Å². The molecular weight excluding hydrogens is 482 g/mol.